The first kappa shape index (κ1) is 20.8. The first-order valence-electron chi connectivity index (χ1n) is 8.87. The number of ether oxygens (including phenoxy) is 1. The number of methoxy groups -OCH3 is 1. The quantitative estimate of drug-likeness (QED) is 0.682. The van der Waals surface area contributed by atoms with Crippen LogP contribution < -0.4 is 5.32 Å². The lowest BCUT2D eigenvalue weighted by Crippen LogP contribution is -2.37. The lowest BCUT2D eigenvalue weighted by atomic mass is 10.1. The number of rotatable bonds is 8. The van der Waals surface area contributed by atoms with Gasteiger partial charge in [0.05, 0.1) is 23.4 Å². The van der Waals surface area contributed by atoms with Crippen molar-refractivity contribution in [3.05, 3.63) is 64.7 Å². The molecular formula is C21H25ClN2O3. The lowest BCUT2D eigenvalue weighted by molar-refractivity contribution is -0.133. The number of hydrogen-bond donors (Lipinski definition) is 1. The molecule has 0 spiro atoms. The van der Waals surface area contributed by atoms with E-state index in [0.29, 0.717) is 35.8 Å². The normalized spacial score (nSPS) is 10.6. The average Bonchev–Trinajstić information content (AvgIpc) is 2.67. The Morgan fingerprint density at radius 2 is 1.85 bits per heavy atom. The maximum absolute atomic E-state index is 12.7. The largest absolute Gasteiger partial charge is 0.465 e. The van der Waals surface area contributed by atoms with Gasteiger partial charge < -0.3 is 15.0 Å². The number of carbonyl (C=O) groups excluding carboxylic acids is 2. The van der Waals surface area contributed by atoms with Gasteiger partial charge in [-0.25, -0.2) is 4.79 Å². The summed E-state index contributed by atoms with van der Waals surface area (Å²) in [5, 5.41) is 3.62. The van der Waals surface area contributed by atoms with Crippen molar-refractivity contribution in [2.45, 2.75) is 32.9 Å². The molecule has 2 aromatic rings. The summed E-state index contributed by atoms with van der Waals surface area (Å²) in [6.07, 6.45) is 0.323. The number of nitrogens with zero attached hydrogens (tertiary/aromatic N) is 1. The SMILES string of the molecule is COC(=O)c1ccc(Cl)c(NCCC(=O)N(Cc2ccccc2)C(C)C)c1. The van der Waals surface area contributed by atoms with Crippen LogP contribution in [-0.4, -0.2) is 36.5 Å². The van der Waals surface area contributed by atoms with Gasteiger partial charge in [0.2, 0.25) is 5.91 Å². The summed E-state index contributed by atoms with van der Waals surface area (Å²) in [5.74, 6) is -0.374. The van der Waals surface area contributed by atoms with E-state index < -0.39 is 5.97 Å². The minimum absolute atomic E-state index is 0.0570. The maximum atomic E-state index is 12.7. The number of esters is 1. The molecule has 6 heteroatoms. The molecule has 27 heavy (non-hydrogen) atoms. The van der Waals surface area contributed by atoms with Gasteiger partial charge in [0.15, 0.2) is 0 Å². The van der Waals surface area contributed by atoms with E-state index in [1.165, 1.54) is 7.11 Å². The van der Waals surface area contributed by atoms with E-state index in [1.54, 1.807) is 18.2 Å². The number of benzene rings is 2. The molecule has 0 fully saturated rings. The third-order valence-corrected chi connectivity index (χ3v) is 4.51. The van der Waals surface area contributed by atoms with Gasteiger partial charge >= 0.3 is 5.97 Å². The second kappa shape index (κ2) is 9.97. The lowest BCUT2D eigenvalue weighted by Gasteiger charge is -2.27. The summed E-state index contributed by atoms with van der Waals surface area (Å²) < 4.78 is 4.72. The smallest absolute Gasteiger partial charge is 0.337 e. The highest BCUT2D eigenvalue weighted by molar-refractivity contribution is 6.33. The molecule has 0 atom stereocenters. The van der Waals surface area contributed by atoms with E-state index in [1.807, 2.05) is 49.1 Å². The number of hydrogen-bond acceptors (Lipinski definition) is 4. The maximum Gasteiger partial charge on any atom is 0.337 e. The summed E-state index contributed by atoms with van der Waals surface area (Å²) in [4.78, 5) is 26.2. The Hall–Kier alpha value is -2.53. The first-order valence-corrected chi connectivity index (χ1v) is 9.25. The molecule has 5 nitrogen and oxygen atoms in total. The molecule has 0 aliphatic carbocycles. The Balaban J connectivity index is 1.96. The molecule has 0 saturated carbocycles. The Bertz CT molecular complexity index is 778. The van der Waals surface area contributed by atoms with Gasteiger partial charge in [0, 0.05) is 25.6 Å². The summed E-state index contributed by atoms with van der Waals surface area (Å²) >= 11 is 6.17. The zero-order valence-electron chi connectivity index (χ0n) is 15.9. The van der Waals surface area contributed by atoms with Gasteiger partial charge in [-0.1, -0.05) is 41.9 Å². The minimum atomic E-state index is -0.431. The Morgan fingerprint density at radius 3 is 2.48 bits per heavy atom. The molecule has 0 unspecified atom stereocenters. The van der Waals surface area contributed by atoms with Crippen LogP contribution >= 0.6 is 11.6 Å². The average molecular weight is 389 g/mol. The Morgan fingerprint density at radius 1 is 1.15 bits per heavy atom. The first-order chi connectivity index (χ1) is 12.9. The van der Waals surface area contributed by atoms with Gasteiger partial charge in [0.1, 0.15) is 0 Å². The molecule has 0 bridgehead atoms. The van der Waals surface area contributed by atoms with Crippen LogP contribution in [0.1, 0.15) is 36.2 Å². The molecule has 144 valence electrons. The zero-order chi connectivity index (χ0) is 19.8. The molecule has 0 aliphatic rings. The fourth-order valence-electron chi connectivity index (χ4n) is 2.69. The summed E-state index contributed by atoms with van der Waals surface area (Å²) in [6.45, 7) is 5.01. The fourth-order valence-corrected chi connectivity index (χ4v) is 2.88. The Kier molecular flexibility index (Phi) is 7.67. The van der Waals surface area contributed by atoms with Crippen LogP contribution in [0.2, 0.25) is 5.02 Å². The molecule has 0 aromatic heterocycles. The molecule has 1 amide bonds. The van der Waals surface area contributed by atoms with Crippen LogP contribution in [0.4, 0.5) is 5.69 Å². The molecule has 0 heterocycles. The van der Waals surface area contributed by atoms with Crippen molar-refractivity contribution < 1.29 is 14.3 Å². The molecule has 2 rings (SSSR count). The van der Waals surface area contributed by atoms with Crippen LogP contribution in [0, 0.1) is 0 Å². The van der Waals surface area contributed by atoms with E-state index in [2.05, 4.69) is 5.32 Å². The number of carbonyl (C=O) groups is 2. The molecule has 0 aliphatic heterocycles. The Labute approximate surface area is 165 Å². The van der Waals surface area contributed by atoms with Crippen molar-refractivity contribution in [3.8, 4) is 0 Å². The topological polar surface area (TPSA) is 58.6 Å². The van der Waals surface area contributed by atoms with Crippen molar-refractivity contribution >= 4 is 29.2 Å². The number of nitrogens with one attached hydrogen (secondary N) is 1. The molecule has 1 N–H and O–H groups in total. The predicted molar refractivity (Wildman–Crippen MR) is 108 cm³/mol. The van der Waals surface area contributed by atoms with E-state index in [0.717, 1.165) is 5.56 Å². The van der Waals surface area contributed by atoms with Crippen LogP contribution in [0.15, 0.2) is 48.5 Å². The van der Waals surface area contributed by atoms with Crippen molar-refractivity contribution in [3.63, 3.8) is 0 Å². The molecule has 0 radical (unpaired) electrons. The van der Waals surface area contributed by atoms with Gasteiger partial charge in [-0.05, 0) is 37.6 Å². The van der Waals surface area contributed by atoms with Gasteiger partial charge in [-0.15, -0.1) is 0 Å². The number of anilines is 1. The summed E-state index contributed by atoms with van der Waals surface area (Å²) in [7, 11) is 1.33. The van der Waals surface area contributed by atoms with Crippen LogP contribution in [0.25, 0.3) is 0 Å². The number of halogens is 1. The van der Waals surface area contributed by atoms with E-state index in [9.17, 15) is 9.59 Å². The van der Waals surface area contributed by atoms with E-state index >= 15 is 0 Å². The van der Waals surface area contributed by atoms with Crippen LogP contribution in [-0.2, 0) is 16.1 Å². The van der Waals surface area contributed by atoms with Gasteiger partial charge in [0.25, 0.3) is 0 Å². The second-order valence-electron chi connectivity index (χ2n) is 6.46. The zero-order valence-corrected chi connectivity index (χ0v) is 16.6. The van der Waals surface area contributed by atoms with Crippen molar-refractivity contribution in [1.82, 2.24) is 4.90 Å². The van der Waals surface area contributed by atoms with E-state index in [4.69, 9.17) is 16.3 Å². The third-order valence-electron chi connectivity index (χ3n) is 4.18. The monoisotopic (exact) mass is 388 g/mol. The van der Waals surface area contributed by atoms with E-state index in [-0.39, 0.29) is 11.9 Å². The van der Waals surface area contributed by atoms with Gasteiger partial charge in [-0.2, -0.15) is 0 Å². The molecular weight excluding hydrogens is 364 g/mol. The minimum Gasteiger partial charge on any atom is -0.465 e. The van der Waals surface area contributed by atoms with Crippen LogP contribution in [0.3, 0.4) is 0 Å². The molecule has 0 saturated heterocycles. The summed E-state index contributed by atoms with van der Waals surface area (Å²) in [5.41, 5.74) is 2.11. The van der Waals surface area contributed by atoms with Crippen molar-refractivity contribution in [2.75, 3.05) is 19.0 Å². The highest BCUT2D eigenvalue weighted by Gasteiger charge is 2.17. The van der Waals surface area contributed by atoms with Crippen molar-refractivity contribution in [2.24, 2.45) is 0 Å². The second-order valence-corrected chi connectivity index (χ2v) is 6.87. The van der Waals surface area contributed by atoms with Crippen LogP contribution in [0.5, 0.6) is 0 Å². The number of amides is 1. The highest BCUT2D eigenvalue weighted by atomic mass is 35.5. The standard InChI is InChI=1S/C21H25ClN2O3/c1-15(2)24(14-16-7-5-4-6-8-16)20(25)11-12-23-19-13-17(21(26)27-3)9-10-18(19)22/h4-10,13,15,23H,11-12,14H2,1-3H3. The fraction of sp³-hybridized carbons (Fsp3) is 0.333. The highest BCUT2D eigenvalue weighted by Crippen LogP contribution is 2.23. The summed E-state index contributed by atoms with van der Waals surface area (Å²) in [6, 6.07) is 14.9. The predicted octanol–water partition coefficient (Wildman–Crippen LogP) is 4.37. The van der Waals surface area contributed by atoms with Crippen molar-refractivity contribution in [1.29, 1.82) is 0 Å². The third kappa shape index (κ3) is 6.00. The van der Waals surface area contributed by atoms with Gasteiger partial charge in [-0.3, -0.25) is 4.79 Å². The molecule has 2 aromatic carbocycles.